The number of unbranched alkanes of at least 4 members (excludes halogenated alkanes) is 2. The van der Waals surface area contributed by atoms with E-state index in [0.29, 0.717) is 12.2 Å². The summed E-state index contributed by atoms with van der Waals surface area (Å²) in [6.45, 7) is 11.3. The van der Waals surface area contributed by atoms with Crippen molar-refractivity contribution in [2.75, 3.05) is 6.54 Å². The van der Waals surface area contributed by atoms with Gasteiger partial charge in [0.2, 0.25) is 0 Å². The lowest BCUT2D eigenvalue weighted by atomic mass is 9.80. The van der Waals surface area contributed by atoms with E-state index >= 15 is 0 Å². The van der Waals surface area contributed by atoms with E-state index in [0.717, 1.165) is 37.0 Å². The van der Waals surface area contributed by atoms with E-state index in [4.69, 9.17) is 4.52 Å². The average molecular weight is 308 g/mol. The SMILES string of the molecule is CCCCCC(C)(CCC)CNC(=O)c1noc(CC)c1C. The molecule has 1 aromatic rings. The van der Waals surface area contributed by atoms with Crippen molar-refractivity contribution in [3.63, 3.8) is 0 Å². The first kappa shape index (κ1) is 18.7. The summed E-state index contributed by atoms with van der Waals surface area (Å²) >= 11 is 0. The van der Waals surface area contributed by atoms with Crippen molar-refractivity contribution < 1.29 is 9.32 Å². The highest BCUT2D eigenvalue weighted by atomic mass is 16.5. The smallest absolute Gasteiger partial charge is 0.273 e. The zero-order valence-electron chi connectivity index (χ0n) is 14.9. The molecule has 1 N–H and O–H groups in total. The number of hydrogen-bond acceptors (Lipinski definition) is 3. The van der Waals surface area contributed by atoms with Gasteiger partial charge in [-0.2, -0.15) is 0 Å². The fourth-order valence-electron chi connectivity index (χ4n) is 3.00. The number of hydrogen-bond donors (Lipinski definition) is 1. The molecule has 4 heteroatoms. The first-order valence-electron chi connectivity index (χ1n) is 8.70. The molecule has 0 fully saturated rings. The third-order valence-corrected chi connectivity index (χ3v) is 4.47. The molecule has 0 saturated carbocycles. The number of carbonyl (C=O) groups is 1. The van der Waals surface area contributed by atoms with Gasteiger partial charge in [-0.05, 0) is 25.2 Å². The Morgan fingerprint density at radius 3 is 2.45 bits per heavy atom. The van der Waals surface area contributed by atoms with Crippen LogP contribution in [0.5, 0.6) is 0 Å². The highest BCUT2D eigenvalue weighted by molar-refractivity contribution is 5.93. The molecule has 1 atom stereocenters. The van der Waals surface area contributed by atoms with Crippen molar-refractivity contribution in [1.82, 2.24) is 10.5 Å². The van der Waals surface area contributed by atoms with Crippen molar-refractivity contribution in [3.05, 3.63) is 17.0 Å². The van der Waals surface area contributed by atoms with Crippen LogP contribution in [0.25, 0.3) is 0 Å². The molecule has 1 amide bonds. The molecule has 0 spiro atoms. The molecule has 126 valence electrons. The molecule has 0 aliphatic carbocycles. The molecule has 0 aliphatic rings. The Bertz CT molecular complexity index is 468. The van der Waals surface area contributed by atoms with Gasteiger partial charge in [-0.3, -0.25) is 4.79 Å². The van der Waals surface area contributed by atoms with Gasteiger partial charge < -0.3 is 9.84 Å². The van der Waals surface area contributed by atoms with Crippen LogP contribution in [-0.4, -0.2) is 17.6 Å². The molecule has 1 heterocycles. The van der Waals surface area contributed by atoms with Crippen LogP contribution < -0.4 is 5.32 Å². The highest BCUT2D eigenvalue weighted by Crippen LogP contribution is 2.29. The lowest BCUT2D eigenvalue weighted by Crippen LogP contribution is -2.36. The molecule has 22 heavy (non-hydrogen) atoms. The Labute approximate surface area is 135 Å². The zero-order valence-corrected chi connectivity index (χ0v) is 14.9. The molecule has 0 aliphatic heterocycles. The maximum Gasteiger partial charge on any atom is 0.273 e. The van der Waals surface area contributed by atoms with Gasteiger partial charge in [-0.25, -0.2) is 0 Å². The molecular weight excluding hydrogens is 276 g/mol. The van der Waals surface area contributed by atoms with Gasteiger partial charge in [0.1, 0.15) is 5.76 Å². The average Bonchev–Trinajstić information content (AvgIpc) is 2.86. The lowest BCUT2D eigenvalue weighted by Gasteiger charge is -2.29. The number of nitrogens with zero attached hydrogens (tertiary/aromatic N) is 1. The molecule has 0 bridgehead atoms. The summed E-state index contributed by atoms with van der Waals surface area (Å²) in [6, 6.07) is 0. The van der Waals surface area contributed by atoms with Gasteiger partial charge in [0.15, 0.2) is 5.69 Å². The van der Waals surface area contributed by atoms with E-state index < -0.39 is 0 Å². The van der Waals surface area contributed by atoms with E-state index in [1.807, 2.05) is 13.8 Å². The largest absolute Gasteiger partial charge is 0.360 e. The Morgan fingerprint density at radius 2 is 1.91 bits per heavy atom. The molecule has 4 nitrogen and oxygen atoms in total. The van der Waals surface area contributed by atoms with E-state index in [1.54, 1.807) is 0 Å². The fraction of sp³-hybridized carbons (Fsp3) is 0.778. The maximum atomic E-state index is 12.3. The summed E-state index contributed by atoms with van der Waals surface area (Å²) in [7, 11) is 0. The van der Waals surface area contributed by atoms with E-state index in [1.165, 1.54) is 19.3 Å². The van der Waals surface area contributed by atoms with Crippen LogP contribution in [0.2, 0.25) is 0 Å². The van der Waals surface area contributed by atoms with Gasteiger partial charge >= 0.3 is 0 Å². The number of aryl methyl sites for hydroxylation is 1. The van der Waals surface area contributed by atoms with Crippen LogP contribution in [-0.2, 0) is 6.42 Å². The van der Waals surface area contributed by atoms with Crippen LogP contribution in [0, 0.1) is 12.3 Å². The van der Waals surface area contributed by atoms with Crippen molar-refractivity contribution in [3.8, 4) is 0 Å². The number of aromatic nitrogens is 1. The van der Waals surface area contributed by atoms with Crippen molar-refractivity contribution in [1.29, 1.82) is 0 Å². The molecule has 0 saturated heterocycles. The normalized spacial score (nSPS) is 13.9. The molecular formula is C18H32N2O2. The van der Waals surface area contributed by atoms with Gasteiger partial charge in [-0.15, -0.1) is 0 Å². The van der Waals surface area contributed by atoms with E-state index in [2.05, 4.69) is 31.2 Å². The first-order valence-corrected chi connectivity index (χ1v) is 8.70. The minimum absolute atomic E-state index is 0.112. The van der Waals surface area contributed by atoms with Crippen LogP contribution in [0.3, 0.4) is 0 Å². The van der Waals surface area contributed by atoms with Crippen LogP contribution in [0.4, 0.5) is 0 Å². The topological polar surface area (TPSA) is 55.1 Å². The van der Waals surface area contributed by atoms with Gasteiger partial charge in [0.25, 0.3) is 5.91 Å². The van der Waals surface area contributed by atoms with Gasteiger partial charge in [0, 0.05) is 18.5 Å². The number of nitrogens with one attached hydrogen (secondary N) is 1. The Kier molecular flexibility index (Phi) is 7.63. The standard InChI is InChI=1S/C18H32N2O2/c1-6-9-10-12-18(5,11-7-2)13-19-17(21)16-14(4)15(8-3)22-20-16/h6-13H2,1-5H3,(H,19,21). The molecule has 0 radical (unpaired) electrons. The fourth-order valence-corrected chi connectivity index (χ4v) is 3.00. The quantitative estimate of drug-likeness (QED) is 0.639. The third kappa shape index (κ3) is 5.15. The summed E-state index contributed by atoms with van der Waals surface area (Å²) in [5.41, 5.74) is 1.47. The summed E-state index contributed by atoms with van der Waals surface area (Å²) < 4.78 is 5.21. The number of rotatable bonds is 10. The first-order chi connectivity index (χ1) is 10.5. The predicted molar refractivity (Wildman–Crippen MR) is 90.1 cm³/mol. The highest BCUT2D eigenvalue weighted by Gasteiger charge is 2.25. The molecule has 1 rings (SSSR count). The number of carbonyl (C=O) groups excluding carboxylic acids is 1. The van der Waals surface area contributed by atoms with Crippen molar-refractivity contribution in [2.45, 2.75) is 79.6 Å². The summed E-state index contributed by atoms with van der Waals surface area (Å²) in [6.07, 6.45) is 7.91. The second kappa shape index (κ2) is 8.96. The Balaban J connectivity index is 2.63. The van der Waals surface area contributed by atoms with Crippen LogP contribution in [0.15, 0.2) is 4.52 Å². The second-order valence-electron chi connectivity index (χ2n) is 6.63. The van der Waals surface area contributed by atoms with Crippen molar-refractivity contribution >= 4 is 5.91 Å². The number of amides is 1. The lowest BCUT2D eigenvalue weighted by molar-refractivity contribution is 0.0916. The minimum Gasteiger partial charge on any atom is -0.360 e. The van der Waals surface area contributed by atoms with Crippen molar-refractivity contribution in [2.24, 2.45) is 5.41 Å². The minimum atomic E-state index is -0.112. The van der Waals surface area contributed by atoms with Gasteiger partial charge in [0.05, 0.1) is 0 Å². The summed E-state index contributed by atoms with van der Waals surface area (Å²) in [5.74, 6) is 0.684. The Morgan fingerprint density at radius 1 is 1.18 bits per heavy atom. The molecule has 1 aromatic heterocycles. The summed E-state index contributed by atoms with van der Waals surface area (Å²) in [4.78, 5) is 12.3. The van der Waals surface area contributed by atoms with Gasteiger partial charge in [-0.1, -0.05) is 58.5 Å². The Hall–Kier alpha value is -1.32. The summed E-state index contributed by atoms with van der Waals surface area (Å²) in [5, 5.41) is 6.99. The van der Waals surface area contributed by atoms with E-state index in [-0.39, 0.29) is 11.3 Å². The van der Waals surface area contributed by atoms with Crippen LogP contribution >= 0.6 is 0 Å². The zero-order chi connectivity index (χ0) is 16.6. The molecule has 1 unspecified atom stereocenters. The monoisotopic (exact) mass is 308 g/mol. The van der Waals surface area contributed by atoms with Crippen LogP contribution in [0.1, 0.15) is 88.0 Å². The second-order valence-corrected chi connectivity index (χ2v) is 6.63. The third-order valence-electron chi connectivity index (χ3n) is 4.47. The predicted octanol–water partition coefficient (Wildman–Crippen LogP) is 4.66. The maximum absolute atomic E-state index is 12.3. The molecule has 0 aromatic carbocycles. The van der Waals surface area contributed by atoms with E-state index in [9.17, 15) is 4.79 Å².